The molecule has 0 aliphatic heterocycles. The number of hydrogen-bond donors (Lipinski definition) is 1. The number of nitrogens with zero attached hydrogens (tertiary/aromatic N) is 1. The molecule has 0 atom stereocenters. The fraction of sp³-hybridized carbons (Fsp3) is 0.458. The second kappa shape index (κ2) is 8.67. The monoisotopic (exact) mass is 438 g/mol. The van der Waals surface area contributed by atoms with Gasteiger partial charge in [-0.05, 0) is 55.6 Å². The van der Waals surface area contributed by atoms with Gasteiger partial charge in [-0.1, -0.05) is 55.3 Å². The number of thiophene rings is 1. The first-order valence-electron chi connectivity index (χ1n) is 11.0. The van der Waals surface area contributed by atoms with Crippen LogP contribution in [-0.2, 0) is 12.8 Å². The molecule has 5 rings (SSSR count). The van der Waals surface area contributed by atoms with Gasteiger partial charge in [-0.15, -0.1) is 11.3 Å². The van der Waals surface area contributed by atoms with Crippen molar-refractivity contribution >= 4 is 39.1 Å². The standard InChI is InChI=1S/C24H26N2O2S2/c27-19(17-12-10-16(11-13-17)15-6-2-1-3-7-15)14-29-24-25-22(28)21-18-8-4-5-9-20(18)30-23(21)26-24/h10-13,15H,1-9,14H2,(H,25,26,28). The van der Waals surface area contributed by atoms with Crippen LogP contribution in [0.5, 0.6) is 0 Å². The third-order valence-corrected chi connectivity index (χ3v) is 8.51. The molecule has 3 aromatic rings. The van der Waals surface area contributed by atoms with Gasteiger partial charge in [0.15, 0.2) is 10.9 Å². The minimum Gasteiger partial charge on any atom is -0.301 e. The Morgan fingerprint density at radius 2 is 1.83 bits per heavy atom. The molecule has 0 spiro atoms. The first kappa shape index (κ1) is 20.0. The van der Waals surface area contributed by atoms with Crippen LogP contribution in [0.15, 0.2) is 34.2 Å². The van der Waals surface area contributed by atoms with E-state index in [1.165, 1.54) is 66.3 Å². The molecule has 0 radical (unpaired) electrons. The third kappa shape index (κ3) is 4.00. The van der Waals surface area contributed by atoms with Crippen molar-refractivity contribution < 1.29 is 4.79 Å². The molecular weight excluding hydrogens is 412 g/mol. The maximum Gasteiger partial charge on any atom is 0.260 e. The van der Waals surface area contributed by atoms with E-state index < -0.39 is 0 Å². The van der Waals surface area contributed by atoms with E-state index in [9.17, 15) is 9.59 Å². The Kier molecular flexibility index (Phi) is 5.79. The number of ketones is 1. The van der Waals surface area contributed by atoms with Crippen LogP contribution in [0.1, 0.15) is 77.2 Å². The SMILES string of the molecule is O=C(CSc1nc2sc3c(c2c(=O)[nH]1)CCCC3)c1ccc(C2CCCCC2)cc1. The molecule has 2 aromatic heterocycles. The number of hydrogen-bond acceptors (Lipinski definition) is 5. The highest BCUT2D eigenvalue weighted by atomic mass is 32.2. The number of aromatic nitrogens is 2. The van der Waals surface area contributed by atoms with Crippen LogP contribution in [0.4, 0.5) is 0 Å². The molecule has 4 nitrogen and oxygen atoms in total. The van der Waals surface area contributed by atoms with Crippen molar-refractivity contribution in [3.63, 3.8) is 0 Å². The number of aryl methyl sites for hydroxylation is 2. The van der Waals surface area contributed by atoms with Crippen molar-refractivity contribution in [2.24, 2.45) is 0 Å². The van der Waals surface area contributed by atoms with Crippen LogP contribution < -0.4 is 5.56 Å². The van der Waals surface area contributed by atoms with Crippen LogP contribution in [0, 0.1) is 0 Å². The van der Waals surface area contributed by atoms with Crippen LogP contribution >= 0.6 is 23.1 Å². The van der Waals surface area contributed by atoms with E-state index in [4.69, 9.17) is 0 Å². The van der Waals surface area contributed by atoms with Crippen LogP contribution in [0.25, 0.3) is 10.2 Å². The van der Waals surface area contributed by atoms with Gasteiger partial charge < -0.3 is 4.98 Å². The van der Waals surface area contributed by atoms with E-state index in [1.807, 2.05) is 12.1 Å². The van der Waals surface area contributed by atoms with Gasteiger partial charge in [0, 0.05) is 10.4 Å². The van der Waals surface area contributed by atoms with E-state index in [0.29, 0.717) is 11.1 Å². The van der Waals surface area contributed by atoms with E-state index in [1.54, 1.807) is 11.3 Å². The molecule has 6 heteroatoms. The predicted octanol–water partition coefficient (Wildman–Crippen LogP) is 5.89. The van der Waals surface area contributed by atoms with Crippen molar-refractivity contribution in [2.45, 2.75) is 68.9 Å². The van der Waals surface area contributed by atoms with E-state index in [-0.39, 0.29) is 17.1 Å². The zero-order valence-electron chi connectivity index (χ0n) is 17.0. The van der Waals surface area contributed by atoms with Gasteiger partial charge in [0.25, 0.3) is 5.56 Å². The van der Waals surface area contributed by atoms with Gasteiger partial charge in [-0.25, -0.2) is 4.98 Å². The third-order valence-electron chi connectivity index (χ3n) is 6.45. The lowest BCUT2D eigenvalue weighted by Gasteiger charge is -2.22. The van der Waals surface area contributed by atoms with Crippen molar-refractivity contribution in [1.82, 2.24) is 9.97 Å². The molecule has 1 N–H and O–H groups in total. The van der Waals surface area contributed by atoms with Gasteiger partial charge in [0.2, 0.25) is 0 Å². The largest absolute Gasteiger partial charge is 0.301 e. The maximum atomic E-state index is 12.7. The Morgan fingerprint density at radius 3 is 2.63 bits per heavy atom. The summed E-state index contributed by atoms with van der Waals surface area (Å²) in [6.07, 6.45) is 10.8. The van der Waals surface area contributed by atoms with E-state index in [0.717, 1.165) is 35.0 Å². The van der Waals surface area contributed by atoms with Crippen molar-refractivity contribution in [1.29, 1.82) is 0 Å². The number of rotatable bonds is 5. The lowest BCUT2D eigenvalue weighted by Crippen LogP contribution is -2.12. The Hall–Kier alpha value is -1.92. The highest BCUT2D eigenvalue weighted by Crippen LogP contribution is 2.34. The quantitative estimate of drug-likeness (QED) is 0.307. The molecule has 1 aromatic carbocycles. The summed E-state index contributed by atoms with van der Waals surface area (Å²) in [6.45, 7) is 0. The van der Waals surface area contributed by atoms with E-state index >= 15 is 0 Å². The van der Waals surface area contributed by atoms with Crippen LogP contribution in [0.2, 0.25) is 0 Å². The first-order chi connectivity index (χ1) is 14.7. The number of nitrogens with one attached hydrogen (secondary N) is 1. The van der Waals surface area contributed by atoms with Crippen molar-refractivity contribution in [3.8, 4) is 0 Å². The van der Waals surface area contributed by atoms with Gasteiger partial charge in [0.05, 0.1) is 11.1 Å². The summed E-state index contributed by atoms with van der Waals surface area (Å²) in [5.41, 5.74) is 3.22. The zero-order valence-corrected chi connectivity index (χ0v) is 18.7. The minimum absolute atomic E-state index is 0.0637. The summed E-state index contributed by atoms with van der Waals surface area (Å²) >= 11 is 2.97. The summed E-state index contributed by atoms with van der Waals surface area (Å²) in [4.78, 5) is 35.0. The zero-order chi connectivity index (χ0) is 20.5. The predicted molar refractivity (Wildman–Crippen MR) is 124 cm³/mol. The Morgan fingerprint density at radius 1 is 1.07 bits per heavy atom. The molecule has 0 amide bonds. The number of thioether (sulfide) groups is 1. The molecule has 1 saturated carbocycles. The molecule has 0 unspecified atom stereocenters. The maximum absolute atomic E-state index is 12.7. The van der Waals surface area contributed by atoms with Crippen LogP contribution in [-0.4, -0.2) is 21.5 Å². The second-order valence-electron chi connectivity index (χ2n) is 8.43. The van der Waals surface area contributed by atoms with Gasteiger partial charge in [-0.2, -0.15) is 0 Å². The number of aromatic amines is 1. The normalized spacial score (nSPS) is 17.2. The first-order valence-corrected chi connectivity index (χ1v) is 12.8. The molecule has 2 aliphatic carbocycles. The molecule has 0 saturated heterocycles. The molecule has 0 bridgehead atoms. The van der Waals surface area contributed by atoms with E-state index in [2.05, 4.69) is 22.1 Å². The van der Waals surface area contributed by atoms with Gasteiger partial charge in [-0.3, -0.25) is 9.59 Å². The average molecular weight is 439 g/mol. The average Bonchev–Trinajstić information content (AvgIpc) is 3.17. The lowest BCUT2D eigenvalue weighted by atomic mass is 9.84. The number of fused-ring (bicyclic) bond motifs is 3. The number of benzene rings is 1. The highest BCUT2D eigenvalue weighted by molar-refractivity contribution is 7.99. The molecule has 2 aliphatic rings. The summed E-state index contributed by atoms with van der Waals surface area (Å²) in [5, 5.41) is 1.31. The summed E-state index contributed by atoms with van der Waals surface area (Å²) in [5.74, 6) is 1.00. The molecule has 1 fully saturated rings. The molecular formula is C24H26N2O2S2. The number of carbonyl (C=O) groups excluding carboxylic acids is 1. The fourth-order valence-corrected chi connectivity index (χ4v) is 6.88. The summed E-state index contributed by atoms with van der Waals surface area (Å²) < 4.78 is 0. The van der Waals surface area contributed by atoms with Crippen molar-refractivity contribution in [2.75, 3.05) is 5.75 Å². The second-order valence-corrected chi connectivity index (χ2v) is 10.5. The van der Waals surface area contributed by atoms with Crippen molar-refractivity contribution in [3.05, 3.63) is 56.2 Å². The number of carbonyl (C=O) groups is 1. The highest BCUT2D eigenvalue weighted by Gasteiger charge is 2.20. The van der Waals surface area contributed by atoms with Gasteiger partial charge in [0.1, 0.15) is 4.83 Å². The topological polar surface area (TPSA) is 62.8 Å². The smallest absolute Gasteiger partial charge is 0.260 e. The summed E-state index contributed by atoms with van der Waals surface area (Å²) in [7, 11) is 0. The molecule has 156 valence electrons. The van der Waals surface area contributed by atoms with Gasteiger partial charge >= 0.3 is 0 Å². The molecule has 30 heavy (non-hydrogen) atoms. The number of Topliss-reactive ketones (excluding diaryl/α,β-unsaturated/α-hetero) is 1. The Bertz CT molecular complexity index is 1120. The minimum atomic E-state index is -0.0637. The van der Waals surface area contributed by atoms with Crippen LogP contribution in [0.3, 0.4) is 0 Å². The lowest BCUT2D eigenvalue weighted by molar-refractivity contribution is 0.102. The fourth-order valence-electron chi connectivity index (χ4n) is 4.81. The number of H-pyrrole nitrogens is 1. The summed E-state index contributed by atoms with van der Waals surface area (Å²) in [6, 6.07) is 8.16. The Labute approximate surface area is 184 Å². The molecule has 2 heterocycles. The Balaban J connectivity index is 1.28.